The standard InChI is InChI=1S/C16H23FO/c1-11-4-5-13(17)10-14(11)15(18)12-6-8-16(2,3)9-7-12/h4-5,10,12,15,18H,6-9H2,1-3H3. The Morgan fingerprint density at radius 2 is 1.89 bits per heavy atom. The number of hydrogen-bond acceptors (Lipinski definition) is 1. The van der Waals surface area contributed by atoms with E-state index in [-0.39, 0.29) is 11.7 Å². The molecule has 1 aromatic rings. The van der Waals surface area contributed by atoms with E-state index in [2.05, 4.69) is 13.8 Å². The first-order chi connectivity index (χ1) is 8.39. The van der Waals surface area contributed by atoms with Crippen LogP contribution in [0, 0.1) is 24.1 Å². The lowest BCUT2D eigenvalue weighted by atomic mass is 9.70. The highest BCUT2D eigenvalue weighted by atomic mass is 19.1. The number of aliphatic hydroxyl groups excluding tert-OH is 1. The van der Waals surface area contributed by atoms with Gasteiger partial charge in [0.05, 0.1) is 6.10 Å². The normalized spacial score (nSPS) is 21.8. The summed E-state index contributed by atoms with van der Waals surface area (Å²) in [6, 6.07) is 4.69. The van der Waals surface area contributed by atoms with Gasteiger partial charge in [0, 0.05) is 0 Å². The Hall–Kier alpha value is -0.890. The van der Waals surface area contributed by atoms with Crippen molar-refractivity contribution in [1.82, 2.24) is 0 Å². The molecule has 1 fully saturated rings. The zero-order valence-corrected chi connectivity index (χ0v) is 11.5. The van der Waals surface area contributed by atoms with Gasteiger partial charge in [-0.1, -0.05) is 19.9 Å². The van der Waals surface area contributed by atoms with Crippen LogP contribution in [0.3, 0.4) is 0 Å². The smallest absolute Gasteiger partial charge is 0.123 e. The van der Waals surface area contributed by atoms with Crippen LogP contribution < -0.4 is 0 Å². The van der Waals surface area contributed by atoms with Crippen LogP contribution in [0.4, 0.5) is 4.39 Å². The lowest BCUT2D eigenvalue weighted by molar-refractivity contribution is 0.0561. The Labute approximate surface area is 109 Å². The Balaban J connectivity index is 2.12. The predicted octanol–water partition coefficient (Wildman–Crippen LogP) is 4.38. The highest BCUT2D eigenvalue weighted by Crippen LogP contribution is 2.43. The zero-order chi connectivity index (χ0) is 13.3. The highest BCUT2D eigenvalue weighted by molar-refractivity contribution is 5.29. The fourth-order valence-electron chi connectivity index (χ4n) is 2.92. The first-order valence-electron chi connectivity index (χ1n) is 6.83. The summed E-state index contributed by atoms with van der Waals surface area (Å²) in [5, 5.41) is 10.5. The second-order valence-electron chi connectivity index (χ2n) is 6.45. The molecule has 1 atom stereocenters. The summed E-state index contributed by atoms with van der Waals surface area (Å²) in [6.45, 7) is 6.50. The van der Waals surface area contributed by atoms with Crippen molar-refractivity contribution in [3.63, 3.8) is 0 Å². The largest absolute Gasteiger partial charge is 0.388 e. The number of aryl methyl sites for hydroxylation is 1. The number of aliphatic hydroxyl groups is 1. The van der Waals surface area contributed by atoms with E-state index in [0.29, 0.717) is 5.41 Å². The molecule has 2 heteroatoms. The lowest BCUT2D eigenvalue weighted by Gasteiger charge is -2.36. The molecule has 0 spiro atoms. The van der Waals surface area contributed by atoms with Gasteiger partial charge in [-0.05, 0) is 67.2 Å². The molecular formula is C16H23FO. The van der Waals surface area contributed by atoms with Crippen molar-refractivity contribution in [1.29, 1.82) is 0 Å². The van der Waals surface area contributed by atoms with E-state index in [9.17, 15) is 9.50 Å². The fourth-order valence-corrected chi connectivity index (χ4v) is 2.92. The van der Waals surface area contributed by atoms with Crippen molar-refractivity contribution in [3.05, 3.63) is 35.1 Å². The molecule has 1 saturated carbocycles. The summed E-state index contributed by atoms with van der Waals surface area (Å²) in [5.41, 5.74) is 2.14. The molecule has 0 saturated heterocycles. The Bertz CT molecular complexity index is 415. The highest BCUT2D eigenvalue weighted by Gasteiger charge is 2.31. The summed E-state index contributed by atoms with van der Waals surface area (Å²) in [4.78, 5) is 0. The van der Waals surface area contributed by atoms with Gasteiger partial charge >= 0.3 is 0 Å². The number of hydrogen-bond donors (Lipinski definition) is 1. The predicted molar refractivity (Wildman–Crippen MR) is 71.8 cm³/mol. The first-order valence-corrected chi connectivity index (χ1v) is 6.83. The van der Waals surface area contributed by atoms with E-state index < -0.39 is 6.10 Å². The molecule has 1 aromatic carbocycles. The summed E-state index contributed by atoms with van der Waals surface area (Å²) >= 11 is 0. The van der Waals surface area contributed by atoms with Crippen molar-refractivity contribution in [2.24, 2.45) is 11.3 Å². The molecule has 1 aliphatic carbocycles. The lowest BCUT2D eigenvalue weighted by Crippen LogP contribution is -2.25. The number of benzene rings is 1. The molecule has 1 aliphatic rings. The minimum absolute atomic E-state index is 0.259. The molecule has 0 radical (unpaired) electrons. The topological polar surface area (TPSA) is 20.2 Å². The van der Waals surface area contributed by atoms with E-state index in [4.69, 9.17) is 0 Å². The molecule has 0 aromatic heterocycles. The van der Waals surface area contributed by atoms with Crippen molar-refractivity contribution >= 4 is 0 Å². The molecule has 1 unspecified atom stereocenters. The van der Waals surface area contributed by atoms with Crippen LogP contribution in [0.2, 0.25) is 0 Å². The van der Waals surface area contributed by atoms with Crippen LogP contribution in [0.5, 0.6) is 0 Å². The fraction of sp³-hybridized carbons (Fsp3) is 0.625. The van der Waals surface area contributed by atoms with Crippen LogP contribution in [0.1, 0.15) is 56.8 Å². The van der Waals surface area contributed by atoms with Gasteiger partial charge < -0.3 is 5.11 Å². The molecular weight excluding hydrogens is 227 g/mol. The monoisotopic (exact) mass is 250 g/mol. The van der Waals surface area contributed by atoms with E-state index in [1.165, 1.54) is 12.1 Å². The Morgan fingerprint density at radius 1 is 1.28 bits per heavy atom. The van der Waals surface area contributed by atoms with Gasteiger partial charge in [0.25, 0.3) is 0 Å². The summed E-state index contributed by atoms with van der Waals surface area (Å²) in [6.07, 6.45) is 3.83. The third-order valence-electron chi connectivity index (χ3n) is 4.39. The van der Waals surface area contributed by atoms with Crippen LogP contribution in [0.15, 0.2) is 18.2 Å². The van der Waals surface area contributed by atoms with Gasteiger partial charge in [-0.2, -0.15) is 0 Å². The van der Waals surface area contributed by atoms with Crippen LogP contribution in [-0.4, -0.2) is 5.11 Å². The van der Waals surface area contributed by atoms with Gasteiger partial charge in [-0.25, -0.2) is 4.39 Å². The maximum Gasteiger partial charge on any atom is 0.123 e. The van der Waals surface area contributed by atoms with E-state index in [1.807, 2.05) is 6.92 Å². The van der Waals surface area contributed by atoms with Gasteiger partial charge in [0.1, 0.15) is 5.82 Å². The van der Waals surface area contributed by atoms with Crippen molar-refractivity contribution < 1.29 is 9.50 Å². The van der Waals surface area contributed by atoms with Crippen LogP contribution in [0.25, 0.3) is 0 Å². The molecule has 2 rings (SSSR count). The van der Waals surface area contributed by atoms with Crippen LogP contribution >= 0.6 is 0 Å². The number of halogens is 1. The SMILES string of the molecule is Cc1ccc(F)cc1C(O)C1CCC(C)(C)CC1. The first kappa shape index (κ1) is 13.5. The molecule has 0 heterocycles. The van der Waals surface area contributed by atoms with Crippen molar-refractivity contribution in [2.45, 2.75) is 52.6 Å². The molecule has 1 nitrogen and oxygen atoms in total. The second-order valence-corrected chi connectivity index (χ2v) is 6.45. The molecule has 1 N–H and O–H groups in total. The Kier molecular flexibility index (Phi) is 3.76. The maximum atomic E-state index is 13.3. The van der Waals surface area contributed by atoms with E-state index in [0.717, 1.165) is 36.8 Å². The number of rotatable bonds is 2. The molecule has 0 amide bonds. The summed E-state index contributed by atoms with van der Waals surface area (Å²) < 4.78 is 13.3. The molecule has 0 aliphatic heterocycles. The average molecular weight is 250 g/mol. The Morgan fingerprint density at radius 3 is 2.50 bits per heavy atom. The van der Waals surface area contributed by atoms with Crippen molar-refractivity contribution in [2.75, 3.05) is 0 Å². The minimum atomic E-state index is -0.517. The molecule has 100 valence electrons. The van der Waals surface area contributed by atoms with Gasteiger partial charge in [-0.15, -0.1) is 0 Å². The van der Waals surface area contributed by atoms with Gasteiger partial charge in [0.2, 0.25) is 0 Å². The van der Waals surface area contributed by atoms with E-state index in [1.54, 1.807) is 6.07 Å². The third kappa shape index (κ3) is 2.92. The van der Waals surface area contributed by atoms with E-state index >= 15 is 0 Å². The summed E-state index contributed by atoms with van der Waals surface area (Å²) in [5.74, 6) is 0.0179. The summed E-state index contributed by atoms with van der Waals surface area (Å²) in [7, 11) is 0. The zero-order valence-electron chi connectivity index (χ0n) is 11.5. The van der Waals surface area contributed by atoms with Crippen molar-refractivity contribution in [3.8, 4) is 0 Å². The quantitative estimate of drug-likeness (QED) is 0.825. The molecule has 0 bridgehead atoms. The third-order valence-corrected chi connectivity index (χ3v) is 4.39. The van der Waals surface area contributed by atoms with Gasteiger partial charge in [-0.3, -0.25) is 0 Å². The minimum Gasteiger partial charge on any atom is -0.388 e. The van der Waals surface area contributed by atoms with Gasteiger partial charge in [0.15, 0.2) is 0 Å². The second kappa shape index (κ2) is 5.00. The van der Waals surface area contributed by atoms with Crippen LogP contribution in [-0.2, 0) is 0 Å². The maximum absolute atomic E-state index is 13.3. The average Bonchev–Trinajstić information content (AvgIpc) is 2.31. The molecule has 18 heavy (non-hydrogen) atoms.